The monoisotopic (exact) mass is 331 g/mol. The summed E-state index contributed by atoms with van der Waals surface area (Å²) in [6, 6.07) is 7.19. The molecule has 7 nitrogen and oxygen atoms in total. The lowest BCUT2D eigenvalue weighted by Crippen LogP contribution is -2.24. The maximum atomic E-state index is 12.2. The van der Waals surface area contributed by atoms with E-state index in [1.54, 1.807) is 19.1 Å². The highest BCUT2D eigenvalue weighted by atomic mass is 16.5. The first kappa shape index (κ1) is 17.3. The molecule has 0 fully saturated rings. The van der Waals surface area contributed by atoms with Crippen LogP contribution in [0.2, 0.25) is 0 Å². The molecule has 0 saturated heterocycles. The number of aromatic carboxylic acids is 1. The van der Waals surface area contributed by atoms with E-state index in [1.165, 1.54) is 23.6 Å². The number of ether oxygens (including phenoxy) is 1. The van der Waals surface area contributed by atoms with Crippen LogP contribution in [0.3, 0.4) is 0 Å². The average Bonchev–Trinajstić information content (AvgIpc) is 2.49. The van der Waals surface area contributed by atoms with E-state index in [9.17, 15) is 24.6 Å². The number of carboxylic acids is 1. The number of esters is 1. The molecule has 1 heterocycles. The summed E-state index contributed by atoms with van der Waals surface area (Å²) in [5.74, 6) is -1.79. The van der Waals surface area contributed by atoms with Crippen molar-refractivity contribution in [1.82, 2.24) is 4.57 Å². The van der Waals surface area contributed by atoms with Gasteiger partial charge in [0.05, 0.1) is 17.8 Å². The van der Waals surface area contributed by atoms with Gasteiger partial charge in [-0.1, -0.05) is 12.1 Å². The van der Waals surface area contributed by atoms with Gasteiger partial charge in [0.1, 0.15) is 12.4 Å². The summed E-state index contributed by atoms with van der Waals surface area (Å²) in [5, 5.41) is 18.8. The van der Waals surface area contributed by atoms with Crippen LogP contribution in [0.15, 0.2) is 35.1 Å². The first-order chi connectivity index (χ1) is 11.3. The molecule has 126 valence electrons. The summed E-state index contributed by atoms with van der Waals surface area (Å²) in [6.07, 6.45) is 0. The minimum Gasteiger partial charge on any atom is -0.508 e. The molecule has 0 aliphatic heterocycles. The second-order valence-electron chi connectivity index (χ2n) is 5.30. The zero-order valence-corrected chi connectivity index (χ0v) is 13.3. The molecule has 7 heteroatoms. The molecule has 0 spiro atoms. The molecule has 0 bridgehead atoms. The topological polar surface area (TPSA) is 106 Å². The third kappa shape index (κ3) is 3.81. The minimum absolute atomic E-state index is 0.0999. The predicted molar refractivity (Wildman–Crippen MR) is 85.1 cm³/mol. The van der Waals surface area contributed by atoms with E-state index < -0.39 is 17.5 Å². The van der Waals surface area contributed by atoms with Gasteiger partial charge in [0.25, 0.3) is 5.56 Å². The number of benzene rings is 1. The smallest absolute Gasteiger partial charge is 0.335 e. The Bertz CT molecular complexity index is 853. The Morgan fingerprint density at radius 1 is 1.25 bits per heavy atom. The summed E-state index contributed by atoms with van der Waals surface area (Å²) in [4.78, 5) is 34.4. The van der Waals surface area contributed by atoms with Crippen molar-refractivity contribution in [3.63, 3.8) is 0 Å². The standard InChI is InChI=1S/C17H17NO6/c1-10-12(4-3-5-15(10)17(22)23)8-18-13(9-24-11(2)19)6-14(20)7-16(18)21/h3-7,20H,8-9H2,1-2H3,(H,22,23). The van der Waals surface area contributed by atoms with Gasteiger partial charge < -0.3 is 19.5 Å². The number of rotatable bonds is 5. The number of aromatic hydroxyl groups is 1. The molecule has 0 amide bonds. The number of nitrogens with zero attached hydrogens (tertiary/aromatic N) is 1. The molecule has 2 aromatic rings. The van der Waals surface area contributed by atoms with Crippen LogP contribution >= 0.6 is 0 Å². The van der Waals surface area contributed by atoms with E-state index in [0.717, 1.165) is 6.07 Å². The Morgan fingerprint density at radius 2 is 1.96 bits per heavy atom. The predicted octanol–water partition coefficient (Wildman–Crippen LogP) is 1.67. The maximum Gasteiger partial charge on any atom is 0.335 e. The Kier molecular flexibility index (Phi) is 5.03. The number of aromatic nitrogens is 1. The number of hydrogen-bond donors (Lipinski definition) is 2. The normalized spacial score (nSPS) is 10.4. The number of hydrogen-bond acceptors (Lipinski definition) is 5. The molecule has 1 aromatic heterocycles. The van der Waals surface area contributed by atoms with Crippen molar-refractivity contribution >= 4 is 11.9 Å². The molecule has 24 heavy (non-hydrogen) atoms. The number of carboxylic acid groups (broad SMARTS) is 1. The van der Waals surface area contributed by atoms with Gasteiger partial charge in [-0.2, -0.15) is 0 Å². The Hall–Kier alpha value is -3.09. The fourth-order valence-electron chi connectivity index (χ4n) is 2.37. The van der Waals surface area contributed by atoms with Gasteiger partial charge in [0, 0.05) is 19.1 Å². The lowest BCUT2D eigenvalue weighted by atomic mass is 10.0. The largest absolute Gasteiger partial charge is 0.508 e. The quantitative estimate of drug-likeness (QED) is 0.807. The van der Waals surface area contributed by atoms with Gasteiger partial charge in [0.2, 0.25) is 0 Å². The van der Waals surface area contributed by atoms with Crippen LogP contribution in [0.25, 0.3) is 0 Å². The molecule has 2 rings (SSSR count). The third-order valence-electron chi connectivity index (χ3n) is 3.63. The summed E-state index contributed by atoms with van der Waals surface area (Å²) in [7, 11) is 0. The molecular weight excluding hydrogens is 314 g/mol. The Labute approximate surface area is 137 Å². The highest BCUT2D eigenvalue weighted by Gasteiger charge is 2.13. The fourth-order valence-corrected chi connectivity index (χ4v) is 2.37. The lowest BCUT2D eigenvalue weighted by Gasteiger charge is -2.15. The average molecular weight is 331 g/mol. The van der Waals surface area contributed by atoms with Crippen LogP contribution in [-0.4, -0.2) is 26.7 Å². The highest BCUT2D eigenvalue weighted by Crippen LogP contribution is 2.17. The molecule has 0 unspecified atom stereocenters. The van der Waals surface area contributed by atoms with Gasteiger partial charge >= 0.3 is 11.9 Å². The maximum absolute atomic E-state index is 12.2. The fraction of sp³-hybridized carbons (Fsp3) is 0.235. The van der Waals surface area contributed by atoms with Crippen molar-refractivity contribution < 1.29 is 24.5 Å². The van der Waals surface area contributed by atoms with Gasteiger partial charge in [-0.3, -0.25) is 9.59 Å². The second-order valence-corrected chi connectivity index (χ2v) is 5.30. The summed E-state index contributed by atoms with van der Waals surface area (Å²) in [5.41, 5.74) is 1.18. The number of carbonyl (C=O) groups is 2. The Balaban J connectivity index is 2.46. The molecule has 0 radical (unpaired) electrons. The van der Waals surface area contributed by atoms with E-state index in [1.807, 2.05) is 0 Å². The molecule has 2 N–H and O–H groups in total. The van der Waals surface area contributed by atoms with E-state index >= 15 is 0 Å². The molecule has 0 aliphatic rings. The van der Waals surface area contributed by atoms with Gasteiger partial charge in [-0.15, -0.1) is 0 Å². The first-order valence-electron chi connectivity index (χ1n) is 7.17. The highest BCUT2D eigenvalue weighted by molar-refractivity contribution is 5.89. The summed E-state index contributed by atoms with van der Waals surface area (Å²) in [6.45, 7) is 2.83. The summed E-state index contributed by atoms with van der Waals surface area (Å²) < 4.78 is 6.23. The van der Waals surface area contributed by atoms with E-state index in [2.05, 4.69) is 0 Å². The molecule has 0 aliphatic carbocycles. The van der Waals surface area contributed by atoms with Crippen LogP contribution in [0.1, 0.15) is 34.1 Å². The number of pyridine rings is 1. The Morgan fingerprint density at radius 3 is 2.58 bits per heavy atom. The molecule has 0 saturated carbocycles. The van der Waals surface area contributed by atoms with E-state index in [4.69, 9.17) is 4.74 Å². The van der Waals surface area contributed by atoms with Crippen molar-refractivity contribution in [3.8, 4) is 5.75 Å². The van der Waals surface area contributed by atoms with Crippen molar-refractivity contribution in [2.75, 3.05) is 0 Å². The van der Waals surface area contributed by atoms with E-state index in [-0.39, 0.29) is 24.5 Å². The van der Waals surface area contributed by atoms with Crippen molar-refractivity contribution in [2.24, 2.45) is 0 Å². The van der Waals surface area contributed by atoms with Crippen LogP contribution in [0, 0.1) is 6.92 Å². The molecule has 0 atom stereocenters. The first-order valence-corrected chi connectivity index (χ1v) is 7.17. The molecular formula is C17H17NO6. The van der Waals surface area contributed by atoms with Gasteiger partial charge in [-0.25, -0.2) is 4.79 Å². The van der Waals surface area contributed by atoms with Crippen LogP contribution in [0.5, 0.6) is 5.75 Å². The van der Waals surface area contributed by atoms with Crippen molar-refractivity contribution in [1.29, 1.82) is 0 Å². The van der Waals surface area contributed by atoms with Gasteiger partial charge in [-0.05, 0) is 24.1 Å². The number of carbonyl (C=O) groups excluding carboxylic acids is 1. The van der Waals surface area contributed by atoms with Crippen LogP contribution < -0.4 is 5.56 Å². The minimum atomic E-state index is -1.05. The molecule has 1 aromatic carbocycles. The lowest BCUT2D eigenvalue weighted by molar-refractivity contribution is -0.142. The van der Waals surface area contributed by atoms with Gasteiger partial charge in [0.15, 0.2) is 0 Å². The SMILES string of the molecule is CC(=O)OCc1cc(O)cc(=O)n1Cc1cccc(C(=O)O)c1C. The van der Waals surface area contributed by atoms with Crippen LogP contribution in [0.4, 0.5) is 0 Å². The summed E-state index contributed by atoms with van der Waals surface area (Å²) >= 11 is 0. The van der Waals surface area contributed by atoms with Crippen LogP contribution in [-0.2, 0) is 22.7 Å². The zero-order valence-electron chi connectivity index (χ0n) is 13.3. The van der Waals surface area contributed by atoms with Crippen molar-refractivity contribution in [2.45, 2.75) is 27.0 Å². The second kappa shape index (κ2) is 6.99. The zero-order chi connectivity index (χ0) is 17.9. The van der Waals surface area contributed by atoms with Crippen molar-refractivity contribution in [3.05, 3.63) is 63.1 Å². The van der Waals surface area contributed by atoms with E-state index in [0.29, 0.717) is 16.8 Å². The third-order valence-corrected chi connectivity index (χ3v) is 3.63.